The molecule has 1 heterocycles. The monoisotopic (exact) mass is 430 g/mol. The summed E-state index contributed by atoms with van der Waals surface area (Å²) < 4.78 is 28.6. The quantitative estimate of drug-likeness (QED) is 0.540. The van der Waals surface area contributed by atoms with Crippen LogP contribution in [0.3, 0.4) is 0 Å². The van der Waals surface area contributed by atoms with Gasteiger partial charge >= 0.3 is 0 Å². The van der Waals surface area contributed by atoms with Crippen LogP contribution in [0.4, 0.5) is 5.69 Å². The molecular formula is C26H26N2O2S. The van der Waals surface area contributed by atoms with Crippen molar-refractivity contribution in [1.29, 1.82) is 0 Å². The number of nitrogens with one attached hydrogen (secondary N) is 2. The van der Waals surface area contributed by atoms with Crippen LogP contribution >= 0.6 is 0 Å². The molecule has 2 aliphatic rings. The van der Waals surface area contributed by atoms with Gasteiger partial charge in [-0.05, 0) is 54.2 Å². The Balaban J connectivity index is 1.43. The van der Waals surface area contributed by atoms with Gasteiger partial charge in [0.1, 0.15) is 0 Å². The average Bonchev–Trinajstić information content (AvgIpc) is 3.29. The van der Waals surface area contributed by atoms with Gasteiger partial charge in [-0.1, -0.05) is 72.3 Å². The Labute approximate surface area is 184 Å². The number of fused-ring (bicyclic) bond motifs is 3. The third-order valence-corrected chi connectivity index (χ3v) is 7.79. The van der Waals surface area contributed by atoms with Crippen LogP contribution in [-0.2, 0) is 16.6 Å². The summed E-state index contributed by atoms with van der Waals surface area (Å²) in [4.78, 5) is 0.316. The van der Waals surface area contributed by atoms with Crippen molar-refractivity contribution >= 4 is 15.7 Å². The molecule has 0 spiro atoms. The Bertz CT molecular complexity index is 1220. The number of benzene rings is 3. The Hall–Kier alpha value is -2.89. The summed E-state index contributed by atoms with van der Waals surface area (Å²) in [5, 5.41) is 3.69. The highest BCUT2D eigenvalue weighted by Gasteiger charge is 2.38. The van der Waals surface area contributed by atoms with E-state index in [2.05, 4.69) is 53.4 Å². The van der Waals surface area contributed by atoms with Crippen molar-refractivity contribution in [2.24, 2.45) is 5.92 Å². The second-order valence-corrected chi connectivity index (χ2v) is 10.2. The standard InChI is InChI=1S/C26H26N2O2S/c1-18-10-12-20(13-11-18)26-23-9-5-8-22(23)24-16-21(14-15-25(24)28-26)31(29,30)27-17-19-6-3-2-4-7-19/h2-8,10-16,22-23,26-28H,9,17H2,1H3. The van der Waals surface area contributed by atoms with Crippen LogP contribution in [0.25, 0.3) is 0 Å². The summed E-state index contributed by atoms with van der Waals surface area (Å²) in [6, 6.07) is 23.9. The van der Waals surface area contributed by atoms with E-state index in [4.69, 9.17) is 0 Å². The van der Waals surface area contributed by atoms with E-state index in [1.54, 1.807) is 6.07 Å². The van der Waals surface area contributed by atoms with E-state index in [-0.39, 0.29) is 18.5 Å². The fraction of sp³-hybridized carbons (Fsp3) is 0.231. The first-order chi connectivity index (χ1) is 15.0. The molecule has 3 aromatic rings. The van der Waals surface area contributed by atoms with Gasteiger partial charge in [-0.25, -0.2) is 13.1 Å². The zero-order valence-corrected chi connectivity index (χ0v) is 18.3. The molecule has 1 aliphatic carbocycles. The van der Waals surface area contributed by atoms with Gasteiger partial charge in [-0.3, -0.25) is 0 Å². The molecule has 3 unspecified atom stereocenters. The fourth-order valence-corrected chi connectivity index (χ4v) is 5.75. The Kier molecular flexibility index (Phi) is 5.16. The molecule has 5 heteroatoms. The molecule has 1 aliphatic heterocycles. The molecule has 3 aromatic carbocycles. The Morgan fingerprint density at radius 3 is 2.55 bits per heavy atom. The maximum atomic E-state index is 13.0. The lowest BCUT2D eigenvalue weighted by Gasteiger charge is -2.37. The van der Waals surface area contributed by atoms with E-state index in [1.165, 1.54) is 11.1 Å². The first kappa shape index (κ1) is 20.0. The van der Waals surface area contributed by atoms with Crippen molar-refractivity contribution in [2.45, 2.75) is 36.7 Å². The molecular weight excluding hydrogens is 404 g/mol. The highest BCUT2D eigenvalue weighted by molar-refractivity contribution is 7.89. The molecule has 3 atom stereocenters. The van der Waals surface area contributed by atoms with Crippen molar-refractivity contribution in [3.05, 3.63) is 107 Å². The SMILES string of the molecule is Cc1ccc(C2Nc3ccc(S(=O)(=O)NCc4ccccc4)cc3C3C=CCC32)cc1. The van der Waals surface area contributed by atoms with Crippen molar-refractivity contribution in [3.8, 4) is 0 Å². The van der Waals surface area contributed by atoms with Crippen LogP contribution in [0.1, 0.15) is 40.6 Å². The summed E-state index contributed by atoms with van der Waals surface area (Å²) in [7, 11) is -3.59. The van der Waals surface area contributed by atoms with E-state index in [9.17, 15) is 8.42 Å². The molecule has 0 fully saturated rings. The topological polar surface area (TPSA) is 58.2 Å². The minimum Gasteiger partial charge on any atom is -0.378 e. The number of allylic oxidation sites excluding steroid dienone is 2. The molecule has 158 valence electrons. The summed E-state index contributed by atoms with van der Waals surface area (Å²) >= 11 is 0. The van der Waals surface area contributed by atoms with E-state index in [0.29, 0.717) is 10.8 Å². The predicted octanol–water partition coefficient (Wildman–Crippen LogP) is 5.30. The Morgan fingerprint density at radius 2 is 1.77 bits per heavy atom. The predicted molar refractivity (Wildman–Crippen MR) is 124 cm³/mol. The van der Waals surface area contributed by atoms with Crippen molar-refractivity contribution in [1.82, 2.24) is 4.72 Å². The zero-order chi connectivity index (χ0) is 21.4. The fourth-order valence-electron chi connectivity index (χ4n) is 4.70. The van der Waals surface area contributed by atoms with Crippen molar-refractivity contribution in [2.75, 3.05) is 5.32 Å². The van der Waals surface area contributed by atoms with Crippen LogP contribution in [-0.4, -0.2) is 8.42 Å². The van der Waals surface area contributed by atoms with Gasteiger partial charge in [0.15, 0.2) is 0 Å². The van der Waals surface area contributed by atoms with Crippen molar-refractivity contribution < 1.29 is 8.42 Å². The van der Waals surface area contributed by atoms with Crippen LogP contribution in [0.15, 0.2) is 89.8 Å². The molecule has 4 nitrogen and oxygen atoms in total. The van der Waals surface area contributed by atoms with E-state index < -0.39 is 10.0 Å². The normalized spacial score (nSPS) is 21.9. The number of hydrogen-bond donors (Lipinski definition) is 2. The van der Waals surface area contributed by atoms with Crippen LogP contribution in [0.5, 0.6) is 0 Å². The van der Waals surface area contributed by atoms with Gasteiger partial charge < -0.3 is 5.32 Å². The lowest BCUT2D eigenvalue weighted by Crippen LogP contribution is -2.30. The number of anilines is 1. The summed E-state index contributed by atoms with van der Waals surface area (Å²) in [6.45, 7) is 2.38. The minimum absolute atomic E-state index is 0.215. The van der Waals surface area contributed by atoms with Gasteiger partial charge in [0, 0.05) is 18.2 Å². The second-order valence-electron chi connectivity index (χ2n) is 8.45. The third-order valence-electron chi connectivity index (χ3n) is 6.39. The van der Waals surface area contributed by atoms with Gasteiger partial charge in [0.05, 0.1) is 10.9 Å². The lowest BCUT2D eigenvalue weighted by molar-refractivity contribution is 0.425. The van der Waals surface area contributed by atoms with Crippen molar-refractivity contribution in [3.63, 3.8) is 0 Å². The largest absolute Gasteiger partial charge is 0.378 e. The molecule has 0 amide bonds. The van der Waals surface area contributed by atoms with E-state index in [1.807, 2.05) is 42.5 Å². The molecule has 5 rings (SSSR count). The van der Waals surface area contributed by atoms with Gasteiger partial charge in [-0.2, -0.15) is 0 Å². The molecule has 0 saturated heterocycles. The Morgan fingerprint density at radius 1 is 1.00 bits per heavy atom. The summed E-state index contributed by atoms with van der Waals surface area (Å²) in [6.07, 6.45) is 5.44. The molecule has 0 radical (unpaired) electrons. The number of rotatable bonds is 5. The zero-order valence-electron chi connectivity index (χ0n) is 17.5. The van der Waals surface area contributed by atoms with Crippen LogP contribution in [0, 0.1) is 12.8 Å². The molecule has 31 heavy (non-hydrogen) atoms. The first-order valence-electron chi connectivity index (χ1n) is 10.7. The van der Waals surface area contributed by atoms with Gasteiger partial charge in [0.2, 0.25) is 10.0 Å². The van der Waals surface area contributed by atoms with Gasteiger partial charge in [-0.15, -0.1) is 0 Å². The van der Waals surface area contributed by atoms with Crippen LogP contribution < -0.4 is 10.0 Å². The number of hydrogen-bond acceptors (Lipinski definition) is 3. The average molecular weight is 431 g/mol. The number of sulfonamides is 1. The maximum Gasteiger partial charge on any atom is 0.240 e. The molecule has 0 saturated carbocycles. The molecule has 2 N–H and O–H groups in total. The summed E-state index contributed by atoms with van der Waals surface area (Å²) in [5.74, 6) is 0.595. The maximum absolute atomic E-state index is 13.0. The first-order valence-corrected chi connectivity index (χ1v) is 12.2. The van der Waals surface area contributed by atoms with Gasteiger partial charge in [0.25, 0.3) is 0 Å². The smallest absolute Gasteiger partial charge is 0.240 e. The van der Waals surface area contributed by atoms with E-state index in [0.717, 1.165) is 23.2 Å². The van der Waals surface area contributed by atoms with Crippen LogP contribution in [0.2, 0.25) is 0 Å². The number of aryl methyl sites for hydroxylation is 1. The second kappa shape index (κ2) is 7.98. The summed E-state index contributed by atoms with van der Waals surface area (Å²) in [5.41, 5.74) is 5.53. The molecule has 0 aromatic heterocycles. The highest BCUT2D eigenvalue weighted by atomic mass is 32.2. The minimum atomic E-state index is -3.59. The third kappa shape index (κ3) is 3.91. The lowest BCUT2D eigenvalue weighted by atomic mass is 9.77. The highest BCUT2D eigenvalue weighted by Crippen LogP contribution is 2.50. The van der Waals surface area contributed by atoms with E-state index >= 15 is 0 Å². The molecule has 0 bridgehead atoms.